The molecule has 176 valence electrons. The summed E-state index contributed by atoms with van der Waals surface area (Å²) in [6.45, 7) is 2.47. The van der Waals surface area contributed by atoms with Gasteiger partial charge in [0.25, 0.3) is 5.91 Å². The van der Waals surface area contributed by atoms with Gasteiger partial charge in [-0.25, -0.2) is 4.79 Å². The predicted octanol–water partition coefficient (Wildman–Crippen LogP) is 3.52. The van der Waals surface area contributed by atoms with E-state index in [1.54, 1.807) is 14.2 Å². The molecule has 0 aliphatic carbocycles. The summed E-state index contributed by atoms with van der Waals surface area (Å²) < 4.78 is 11.0. The molecule has 2 heterocycles. The van der Waals surface area contributed by atoms with Crippen LogP contribution in [0.5, 0.6) is 11.5 Å². The average Bonchev–Trinajstić information content (AvgIpc) is 3.13. The standard InChI is InChI=1S/C26H33N3O4/c1-32-22-12-6-11-20(23(22)33-2)18-29-16-13-21(14-17-29)26(24(30)27-25(31)28-26)15-7-10-19-8-4-3-5-9-19/h3-6,8-9,11-12,21H,7,10,13-18H2,1-2H3,(H2,27,28,30,31)/t26-/m0/s1. The fourth-order valence-corrected chi connectivity index (χ4v) is 5.29. The van der Waals surface area contributed by atoms with E-state index in [1.807, 2.05) is 30.3 Å². The zero-order valence-corrected chi connectivity index (χ0v) is 19.4. The van der Waals surface area contributed by atoms with Crippen LogP contribution in [0, 0.1) is 5.92 Å². The number of benzene rings is 2. The van der Waals surface area contributed by atoms with Gasteiger partial charge in [-0.05, 0) is 62.7 Å². The topological polar surface area (TPSA) is 79.9 Å². The van der Waals surface area contributed by atoms with E-state index in [2.05, 4.69) is 33.7 Å². The third-order valence-electron chi connectivity index (χ3n) is 7.01. The third kappa shape index (κ3) is 4.98. The van der Waals surface area contributed by atoms with E-state index in [9.17, 15) is 9.59 Å². The summed E-state index contributed by atoms with van der Waals surface area (Å²) in [5, 5.41) is 5.52. The maximum Gasteiger partial charge on any atom is 0.322 e. The quantitative estimate of drug-likeness (QED) is 0.571. The molecule has 1 atom stereocenters. The maximum absolute atomic E-state index is 12.9. The molecule has 0 bridgehead atoms. The highest BCUT2D eigenvalue weighted by atomic mass is 16.5. The molecule has 2 aliphatic rings. The van der Waals surface area contributed by atoms with E-state index in [1.165, 1.54) is 5.56 Å². The number of nitrogens with one attached hydrogen (secondary N) is 2. The van der Waals surface area contributed by atoms with Gasteiger partial charge in [0.15, 0.2) is 11.5 Å². The van der Waals surface area contributed by atoms with Crippen LogP contribution in [-0.4, -0.2) is 49.7 Å². The fourth-order valence-electron chi connectivity index (χ4n) is 5.29. The summed E-state index contributed by atoms with van der Waals surface area (Å²) in [5.74, 6) is 1.44. The number of piperidine rings is 1. The second-order valence-corrected chi connectivity index (χ2v) is 8.92. The summed E-state index contributed by atoms with van der Waals surface area (Å²) in [4.78, 5) is 27.4. The number of para-hydroxylation sites is 1. The highest BCUT2D eigenvalue weighted by Gasteiger charge is 2.51. The second-order valence-electron chi connectivity index (χ2n) is 8.92. The fraction of sp³-hybridized carbons (Fsp3) is 0.462. The number of nitrogens with zero attached hydrogens (tertiary/aromatic N) is 1. The van der Waals surface area contributed by atoms with Gasteiger partial charge in [-0.1, -0.05) is 42.5 Å². The number of hydrogen-bond acceptors (Lipinski definition) is 5. The van der Waals surface area contributed by atoms with E-state index < -0.39 is 5.54 Å². The van der Waals surface area contributed by atoms with Crippen LogP contribution < -0.4 is 20.1 Å². The van der Waals surface area contributed by atoms with Crippen molar-refractivity contribution in [3.05, 3.63) is 59.7 Å². The number of aryl methyl sites for hydroxylation is 1. The molecule has 2 aromatic rings. The van der Waals surface area contributed by atoms with Crippen LogP contribution in [-0.2, 0) is 17.8 Å². The molecule has 2 saturated heterocycles. The molecule has 3 amide bonds. The number of carbonyl (C=O) groups excluding carboxylic acids is 2. The molecule has 0 saturated carbocycles. The van der Waals surface area contributed by atoms with Crippen molar-refractivity contribution in [1.29, 1.82) is 0 Å². The number of carbonyl (C=O) groups is 2. The van der Waals surface area contributed by atoms with Crippen molar-refractivity contribution in [1.82, 2.24) is 15.5 Å². The van der Waals surface area contributed by atoms with E-state index in [4.69, 9.17) is 9.47 Å². The zero-order chi connectivity index (χ0) is 23.3. The third-order valence-corrected chi connectivity index (χ3v) is 7.01. The average molecular weight is 452 g/mol. The molecule has 2 fully saturated rings. The first-order valence-electron chi connectivity index (χ1n) is 11.7. The Morgan fingerprint density at radius 3 is 2.39 bits per heavy atom. The lowest BCUT2D eigenvalue weighted by molar-refractivity contribution is -0.127. The van der Waals surface area contributed by atoms with E-state index in [0.717, 1.165) is 62.4 Å². The number of imide groups is 1. The molecule has 4 rings (SSSR count). The summed E-state index contributed by atoms with van der Waals surface area (Å²) in [6, 6.07) is 15.8. The SMILES string of the molecule is COc1cccc(CN2CCC([C@]3(CCCc4ccccc4)NC(=O)NC3=O)CC2)c1OC. The summed E-state index contributed by atoms with van der Waals surface area (Å²) >= 11 is 0. The van der Waals surface area contributed by atoms with E-state index in [0.29, 0.717) is 6.42 Å². The van der Waals surface area contributed by atoms with Gasteiger partial charge in [0.2, 0.25) is 0 Å². The van der Waals surface area contributed by atoms with Crippen molar-refractivity contribution in [2.24, 2.45) is 5.92 Å². The predicted molar refractivity (Wildman–Crippen MR) is 126 cm³/mol. The largest absolute Gasteiger partial charge is 0.493 e. The molecule has 2 N–H and O–H groups in total. The molecular formula is C26H33N3O4. The Morgan fingerprint density at radius 1 is 1.00 bits per heavy atom. The Bertz CT molecular complexity index is 973. The minimum atomic E-state index is -0.814. The molecule has 0 radical (unpaired) electrons. The lowest BCUT2D eigenvalue weighted by Gasteiger charge is -2.41. The minimum absolute atomic E-state index is 0.114. The zero-order valence-electron chi connectivity index (χ0n) is 19.4. The van der Waals surface area contributed by atoms with Crippen LogP contribution in [0.4, 0.5) is 4.79 Å². The van der Waals surface area contributed by atoms with Crippen molar-refractivity contribution < 1.29 is 19.1 Å². The van der Waals surface area contributed by atoms with Crippen molar-refractivity contribution in [2.75, 3.05) is 27.3 Å². The maximum atomic E-state index is 12.9. The van der Waals surface area contributed by atoms with Crippen LogP contribution in [0.25, 0.3) is 0 Å². The van der Waals surface area contributed by atoms with Gasteiger partial charge in [-0.15, -0.1) is 0 Å². The van der Waals surface area contributed by atoms with Gasteiger partial charge < -0.3 is 14.8 Å². The van der Waals surface area contributed by atoms with Gasteiger partial charge >= 0.3 is 6.03 Å². The Morgan fingerprint density at radius 2 is 1.76 bits per heavy atom. The van der Waals surface area contributed by atoms with Crippen molar-refractivity contribution >= 4 is 11.9 Å². The van der Waals surface area contributed by atoms with Gasteiger partial charge in [0.05, 0.1) is 14.2 Å². The Balaban J connectivity index is 1.40. The van der Waals surface area contributed by atoms with Crippen molar-refractivity contribution in [2.45, 2.75) is 44.2 Å². The van der Waals surface area contributed by atoms with E-state index >= 15 is 0 Å². The molecule has 0 spiro atoms. The van der Waals surface area contributed by atoms with Gasteiger partial charge in [0, 0.05) is 12.1 Å². The molecule has 33 heavy (non-hydrogen) atoms. The molecule has 7 nitrogen and oxygen atoms in total. The normalized spacial score (nSPS) is 21.5. The van der Waals surface area contributed by atoms with Gasteiger partial charge in [0.1, 0.15) is 5.54 Å². The minimum Gasteiger partial charge on any atom is -0.493 e. The highest BCUT2D eigenvalue weighted by molar-refractivity contribution is 6.07. The molecule has 0 aromatic heterocycles. The van der Waals surface area contributed by atoms with Crippen LogP contribution in [0.1, 0.15) is 36.8 Å². The molecule has 2 aliphatic heterocycles. The first-order valence-corrected chi connectivity index (χ1v) is 11.7. The monoisotopic (exact) mass is 451 g/mol. The van der Waals surface area contributed by atoms with Gasteiger partial charge in [-0.2, -0.15) is 0 Å². The first kappa shape index (κ1) is 23.1. The van der Waals surface area contributed by atoms with Gasteiger partial charge in [-0.3, -0.25) is 15.0 Å². The Hall–Kier alpha value is -3.06. The number of methoxy groups -OCH3 is 2. The number of rotatable bonds is 9. The Kier molecular flexibility index (Phi) is 7.18. The molecular weight excluding hydrogens is 418 g/mol. The Labute approximate surface area is 195 Å². The second kappa shape index (κ2) is 10.3. The van der Waals surface area contributed by atoms with E-state index in [-0.39, 0.29) is 17.9 Å². The van der Waals surface area contributed by atoms with Crippen LogP contribution >= 0.6 is 0 Å². The lowest BCUT2D eigenvalue weighted by Crippen LogP contribution is -2.56. The number of likely N-dealkylation sites (tertiary alicyclic amines) is 1. The number of hydrogen-bond donors (Lipinski definition) is 2. The smallest absolute Gasteiger partial charge is 0.322 e. The summed E-state index contributed by atoms with van der Waals surface area (Å²) in [5.41, 5.74) is 1.52. The van der Waals surface area contributed by atoms with Crippen LogP contribution in [0.3, 0.4) is 0 Å². The number of ether oxygens (including phenoxy) is 2. The molecule has 0 unspecified atom stereocenters. The first-order chi connectivity index (χ1) is 16.1. The molecule has 2 aromatic carbocycles. The van der Waals surface area contributed by atoms with Crippen LogP contribution in [0.2, 0.25) is 0 Å². The summed E-state index contributed by atoms with van der Waals surface area (Å²) in [6.07, 6.45) is 4.09. The lowest BCUT2D eigenvalue weighted by atomic mass is 9.74. The van der Waals surface area contributed by atoms with Crippen LogP contribution in [0.15, 0.2) is 48.5 Å². The summed E-state index contributed by atoms with van der Waals surface area (Å²) in [7, 11) is 3.31. The highest BCUT2D eigenvalue weighted by Crippen LogP contribution is 2.37. The van der Waals surface area contributed by atoms with Crippen molar-refractivity contribution in [3.63, 3.8) is 0 Å². The van der Waals surface area contributed by atoms with Crippen molar-refractivity contribution in [3.8, 4) is 11.5 Å². The number of amides is 3. The molecule has 7 heteroatoms. The number of urea groups is 1.